The number of aryl methyl sites for hydroxylation is 2. The smallest absolute Gasteiger partial charge is 0.0626 e. The third kappa shape index (κ3) is 3.36. The van der Waals surface area contributed by atoms with Gasteiger partial charge in [-0.15, -0.1) is 12.4 Å². The van der Waals surface area contributed by atoms with Gasteiger partial charge in [-0.3, -0.25) is 4.68 Å². The molecule has 0 spiro atoms. The molecule has 1 aromatic heterocycles. The van der Waals surface area contributed by atoms with Crippen LogP contribution in [-0.4, -0.2) is 15.8 Å². The summed E-state index contributed by atoms with van der Waals surface area (Å²) in [5, 5.41) is 4.26. The first-order chi connectivity index (χ1) is 5.63. The number of hydrogen-bond donors (Lipinski definition) is 1. The van der Waals surface area contributed by atoms with E-state index in [1.807, 2.05) is 24.9 Å². The fourth-order valence-electron chi connectivity index (χ4n) is 1.28. The van der Waals surface area contributed by atoms with Gasteiger partial charge in [0.25, 0.3) is 0 Å². The Kier molecular flexibility index (Phi) is 5.03. The first kappa shape index (κ1) is 12.5. The van der Waals surface area contributed by atoms with E-state index in [9.17, 15) is 0 Å². The van der Waals surface area contributed by atoms with Crippen LogP contribution in [0.5, 0.6) is 0 Å². The molecule has 3 nitrogen and oxygen atoms in total. The van der Waals surface area contributed by atoms with Gasteiger partial charge in [0.05, 0.1) is 5.69 Å². The van der Waals surface area contributed by atoms with E-state index in [4.69, 9.17) is 5.73 Å². The number of nitrogens with two attached hydrogens (primary N) is 1. The monoisotopic (exact) mass is 203 g/mol. The Hall–Kier alpha value is -0.540. The summed E-state index contributed by atoms with van der Waals surface area (Å²) in [6.07, 6.45) is 4.01. The molecule has 13 heavy (non-hydrogen) atoms. The summed E-state index contributed by atoms with van der Waals surface area (Å²) in [4.78, 5) is 0. The third-order valence-electron chi connectivity index (χ3n) is 2.12. The van der Waals surface area contributed by atoms with Crippen molar-refractivity contribution in [3.8, 4) is 0 Å². The highest BCUT2D eigenvalue weighted by molar-refractivity contribution is 5.85. The average Bonchev–Trinajstić information content (AvgIpc) is 2.30. The number of aromatic nitrogens is 2. The Morgan fingerprint density at radius 3 is 2.62 bits per heavy atom. The minimum absolute atomic E-state index is 0. The minimum atomic E-state index is 0. The maximum absolute atomic E-state index is 5.85. The molecule has 0 amide bonds. The van der Waals surface area contributed by atoms with Gasteiger partial charge in [-0.25, -0.2) is 0 Å². The lowest BCUT2D eigenvalue weighted by Crippen LogP contribution is -2.21. The van der Waals surface area contributed by atoms with Crippen molar-refractivity contribution in [1.29, 1.82) is 0 Å². The summed E-state index contributed by atoms with van der Waals surface area (Å²) in [5.41, 5.74) is 8.21. The molecule has 1 unspecified atom stereocenters. The summed E-state index contributed by atoms with van der Waals surface area (Å²) in [6, 6.07) is 0.271. The van der Waals surface area contributed by atoms with Gasteiger partial charge in [-0.05, 0) is 25.3 Å². The molecule has 1 heterocycles. The predicted octanol–water partition coefficient (Wildman–Crippen LogP) is 1.43. The summed E-state index contributed by atoms with van der Waals surface area (Å²) in [5.74, 6) is 0. The largest absolute Gasteiger partial charge is 0.327 e. The van der Waals surface area contributed by atoms with Crippen molar-refractivity contribution in [2.45, 2.75) is 32.7 Å². The first-order valence-electron chi connectivity index (χ1n) is 4.38. The van der Waals surface area contributed by atoms with Gasteiger partial charge in [0, 0.05) is 19.3 Å². The van der Waals surface area contributed by atoms with E-state index in [0.29, 0.717) is 0 Å². The van der Waals surface area contributed by atoms with E-state index in [1.165, 1.54) is 5.56 Å². The molecule has 1 rings (SSSR count). The summed E-state index contributed by atoms with van der Waals surface area (Å²) in [7, 11) is 1.94. The van der Waals surface area contributed by atoms with Crippen molar-refractivity contribution in [3.05, 3.63) is 17.5 Å². The Morgan fingerprint density at radius 1 is 1.62 bits per heavy atom. The molecule has 0 aliphatic heterocycles. The third-order valence-corrected chi connectivity index (χ3v) is 2.12. The predicted molar refractivity (Wildman–Crippen MR) is 57.2 cm³/mol. The average molecular weight is 204 g/mol. The second-order valence-electron chi connectivity index (χ2n) is 3.29. The standard InChI is InChI=1S/C9H17N3.ClH/c1-4-9(10)5-8-6-12(3)11-7(8)2;/h6,9H,4-5,10H2,1-3H3;1H. The van der Waals surface area contributed by atoms with Gasteiger partial charge in [0.2, 0.25) is 0 Å². The highest BCUT2D eigenvalue weighted by Gasteiger charge is 2.06. The normalized spacial score (nSPS) is 12.3. The van der Waals surface area contributed by atoms with Crippen LogP contribution in [0.4, 0.5) is 0 Å². The van der Waals surface area contributed by atoms with Gasteiger partial charge >= 0.3 is 0 Å². The number of halogens is 1. The molecule has 0 fully saturated rings. The quantitative estimate of drug-likeness (QED) is 0.808. The lowest BCUT2D eigenvalue weighted by Gasteiger charge is -2.06. The second kappa shape index (κ2) is 5.25. The van der Waals surface area contributed by atoms with Crippen molar-refractivity contribution >= 4 is 12.4 Å². The zero-order chi connectivity index (χ0) is 9.14. The number of rotatable bonds is 3. The Bertz CT molecular complexity index is 257. The van der Waals surface area contributed by atoms with Crippen molar-refractivity contribution in [3.63, 3.8) is 0 Å². The van der Waals surface area contributed by atoms with E-state index >= 15 is 0 Å². The van der Waals surface area contributed by atoms with Gasteiger partial charge in [0.1, 0.15) is 0 Å². The fraction of sp³-hybridized carbons (Fsp3) is 0.667. The topological polar surface area (TPSA) is 43.8 Å². The molecule has 1 aromatic rings. The van der Waals surface area contributed by atoms with Crippen LogP contribution in [-0.2, 0) is 13.5 Å². The molecule has 4 heteroatoms. The van der Waals surface area contributed by atoms with E-state index < -0.39 is 0 Å². The van der Waals surface area contributed by atoms with Gasteiger partial charge in [-0.2, -0.15) is 5.10 Å². The number of hydrogen-bond acceptors (Lipinski definition) is 2. The molecular weight excluding hydrogens is 186 g/mol. The second-order valence-corrected chi connectivity index (χ2v) is 3.29. The van der Waals surface area contributed by atoms with Crippen LogP contribution in [0.15, 0.2) is 6.20 Å². The van der Waals surface area contributed by atoms with E-state index in [-0.39, 0.29) is 18.4 Å². The summed E-state index contributed by atoms with van der Waals surface area (Å²) >= 11 is 0. The lowest BCUT2D eigenvalue weighted by molar-refractivity contribution is 0.644. The molecule has 0 aromatic carbocycles. The van der Waals surface area contributed by atoms with Crippen LogP contribution in [0.25, 0.3) is 0 Å². The van der Waals surface area contributed by atoms with E-state index in [0.717, 1.165) is 18.5 Å². The zero-order valence-electron chi connectivity index (χ0n) is 8.45. The first-order valence-corrected chi connectivity index (χ1v) is 4.38. The number of nitrogens with zero attached hydrogens (tertiary/aromatic N) is 2. The molecule has 0 aliphatic carbocycles. The van der Waals surface area contributed by atoms with E-state index in [1.54, 1.807) is 0 Å². The molecule has 2 N–H and O–H groups in total. The maximum atomic E-state index is 5.85. The van der Waals surface area contributed by atoms with Crippen molar-refractivity contribution < 1.29 is 0 Å². The maximum Gasteiger partial charge on any atom is 0.0626 e. The van der Waals surface area contributed by atoms with Crippen LogP contribution in [0.1, 0.15) is 24.6 Å². The highest BCUT2D eigenvalue weighted by Crippen LogP contribution is 2.07. The van der Waals surface area contributed by atoms with Crippen molar-refractivity contribution in [1.82, 2.24) is 9.78 Å². The fourth-order valence-corrected chi connectivity index (χ4v) is 1.28. The van der Waals surface area contributed by atoms with Crippen molar-refractivity contribution in [2.24, 2.45) is 12.8 Å². The molecule has 0 radical (unpaired) electrons. The van der Waals surface area contributed by atoms with Crippen LogP contribution in [0.3, 0.4) is 0 Å². The van der Waals surface area contributed by atoms with Crippen LogP contribution < -0.4 is 5.73 Å². The van der Waals surface area contributed by atoms with E-state index in [2.05, 4.69) is 12.0 Å². The Balaban J connectivity index is 0.00000144. The Morgan fingerprint density at radius 2 is 2.23 bits per heavy atom. The lowest BCUT2D eigenvalue weighted by atomic mass is 10.1. The molecular formula is C9H18ClN3. The van der Waals surface area contributed by atoms with Crippen LogP contribution in [0, 0.1) is 6.92 Å². The molecule has 76 valence electrons. The molecule has 0 saturated carbocycles. The minimum Gasteiger partial charge on any atom is -0.327 e. The van der Waals surface area contributed by atoms with Gasteiger partial charge < -0.3 is 5.73 Å². The zero-order valence-corrected chi connectivity index (χ0v) is 9.27. The van der Waals surface area contributed by atoms with Crippen LogP contribution in [0.2, 0.25) is 0 Å². The summed E-state index contributed by atoms with van der Waals surface area (Å²) < 4.78 is 1.84. The van der Waals surface area contributed by atoms with Gasteiger partial charge in [0.15, 0.2) is 0 Å². The Labute approximate surface area is 85.7 Å². The van der Waals surface area contributed by atoms with Crippen molar-refractivity contribution in [2.75, 3.05) is 0 Å². The molecule has 0 bridgehead atoms. The summed E-state index contributed by atoms with van der Waals surface area (Å²) in [6.45, 7) is 4.13. The van der Waals surface area contributed by atoms with Gasteiger partial charge in [-0.1, -0.05) is 6.92 Å². The molecule has 0 aliphatic rings. The molecule has 0 saturated heterocycles. The highest BCUT2D eigenvalue weighted by atomic mass is 35.5. The van der Waals surface area contributed by atoms with Crippen LogP contribution >= 0.6 is 12.4 Å². The SMILES string of the molecule is CCC(N)Cc1cn(C)nc1C.Cl. The molecule has 1 atom stereocenters.